The molecule has 0 radical (unpaired) electrons. The Bertz CT molecular complexity index is 620. The van der Waals surface area contributed by atoms with E-state index >= 15 is 0 Å². The molecule has 0 aliphatic carbocycles. The Morgan fingerprint density at radius 3 is 2.43 bits per heavy atom. The number of rotatable bonds is 6. The van der Waals surface area contributed by atoms with Crippen molar-refractivity contribution in [2.45, 2.75) is 19.8 Å². The molecule has 0 bridgehead atoms. The Balaban J connectivity index is 1.67. The molecule has 1 amide bonds. The first-order chi connectivity index (χ1) is 10.9. The van der Waals surface area contributed by atoms with Crippen molar-refractivity contribution in [1.29, 1.82) is 0 Å². The summed E-state index contributed by atoms with van der Waals surface area (Å²) in [4.78, 5) is 12.1. The summed E-state index contributed by atoms with van der Waals surface area (Å²) in [5.41, 5.74) is 1.17. The average molecular weight is 340 g/mol. The molecule has 23 heavy (non-hydrogen) atoms. The van der Waals surface area contributed by atoms with Crippen LogP contribution < -0.4 is 10.1 Å². The Morgan fingerprint density at radius 1 is 1.26 bits per heavy atom. The van der Waals surface area contributed by atoms with E-state index in [1.54, 1.807) is 0 Å². The summed E-state index contributed by atoms with van der Waals surface area (Å²) in [6, 6.07) is 7.75. The second-order valence-electron chi connectivity index (χ2n) is 5.89. The molecule has 1 aliphatic heterocycles. The molecule has 1 N–H and O–H groups in total. The topological polar surface area (TPSA) is 75.7 Å². The molecule has 0 spiro atoms. The first-order valence-corrected chi connectivity index (χ1v) is 9.63. The number of hydrogen-bond acceptors (Lipinski definition) is 4. The van der Waals surface area contributed by atoms with Crippen molar-refractivity contribution in [2.75, 3.05) is 32.5 Å². The van der Waals surface area contributed by atoms with E-state index in [1.807, 2.05) is 31.2 Å². The number of sulfonamides is 1. The van der Waals surface area contributed by atoms with E-state index in [2.05, 4.69) is 5.32 Å². The summed E-state index contributed by atoms with van der Waals surface area (Å²) in [6.45, 7) is 3.70. The van der Waals surface area contributed by atoms with Gasteiger partial charge in [-0.2, -0.15) is 0 Å². The highest BCUT2D eigenvalue weighted by Gasteiger charge is 2.28. The van der Waals surface area contributed by atoms with Crippen LogP contribution in [0.25, 0.3) is 0 Å². The molecule has 1 aliphatic rings. The van der Waals surface area contributed by atoms with Crippen LogP contribution in [0.4, 0.5) is 0 Å². The number of hydrogen-bond donors (Lipinski definition) is 1. The molecule has 0 unspecified atom stereocenters. The van der Waals surface area contributed by atoms with Crippen LogP contribution in [-0.4, -0.2) is 51.1 Å². The molecule has 1 aromatic carbocycles. The van der Waals surface area contributed by atoms with Gasteiger partial charge in [0.25, 0.3) is 0 Å². The van der Waals surface area contributed by atoms with Gasteiger partial charge in [-0.3, -0.25) is 4.79 Å². The lowest BCUT2D eigenvalue weighted by Crippen LogP contribution is -2.43. The molecule has 0 aromatic heterocycles. The largest absolute Gasteiger partial charge is 0.492 e. The average Bonchev–Trinajstić information content (AvgIpc) is 2.52. The molecule has 1 heterocycles. The monoisotopic (exact) mass is 340 g/mol. The van der Waals surface area contributed by atoms with Gasteiger partial charge in [-0.05, 0) is 31.9 Å². The Kier molecular flexibility index (Phi) is 6.01. The summed E-state index contributed by atoms with van der Waals surface area (Å²) in [5.74, 6) is 0.643. The van der Waals surface area contributed by atoms with Crippen LogP contribution in [0.15, 0.2) is 24.3 Å². The number of benzene rings is 1. The lowest BCUT2D eigenvalue weighted by Gasteiger charge is -2.29. The molecule has 1 aromatic rings. The third-order valence-electron chi connectivity index (χ3n) is 3.98. The van der Waals surface area contributed by atoms with E-state index in [1.165, 1.54) is 16.1 Å². The van der Waals surface area contributed by atoms with E-state index < -0.39 is 10.0 Å². The third kappa shape index (κ3) is 5.51. The summed E-state index contributed by atoms with van der Waals surface area (Å²) in [7, 11) is -3.15. The summed E-state index contributed by atoms with van der Waals surface area (Å²) in [5, 5.41) is 2.86. The molecule has 0 atom stereocenters. The maximum Gasteiger partial charge on any atom is 0.223 e. The summed E-state index contributed by atoms with van der Waals surface area (Å²) in [6.07, 6.45) is 2.34. The zero-order chi connectivity index (χ0) is 16.9. The van der Waals surface area contributed by atoms with Crippen LogP contribution in [0.3, 0.4) is 0 Å². The molecule has 1 fully saturated rings. The van der Waals surface area contributed by atoms with Gasteiger partial charge >= 0.3 is 0 Å². The maximum atomic E-state index is 12.1. The number of piperidine rings is 1. The second-order valence-corrected chi connectivity index (χ2v) is 7.87. The number of carbonyl (C=O) groups excluding carboxylic acids is 1. The number of nitrogens with one attached hydrogen (secondary N) is 1. The number of ether oxygens (including phenoxy) is 1. The zero-order valence-electron chi connectivity index (χ0n) is 13.6. The third-order valence-corrected chi connectivity index (χ3v) is 5.29. The van der Waals surface area contributed by atoms with Crippen LogP contribution in [0.1, 0.15) is 18.4 Å². The highest BCUT2D eigenvalue weighted by Crippen LogP contribution is 2.19. The number of carbonyl (C=O) groups is 1. The van der Waals surface area contributed by atoms with Crippen molar-refractivity contribution in [1.82, 2.24) is 9.62 Å². The van der Waals surface area contributed by atoms with Gasteiger partial charge < -0.3 is 10.1 Å². The minimum Gasteiger partial charge on any atom is -0.492 e. The summed E-state index contributed by atoms with van der Waals surface area (Å²) >= 11 is 0. The molecule has 2 rings (SSSR count). The van der Waals surface area contributed by atoms with Gasteiger partial charge in [0.15, 0.2) is 0 Å². The fourth-order valence-electron chi connectivity index (χ4n) is 2.57. The zero-order valence-corrected chi connectivity index (χ0v) is 14.4. The number of amides is 1. The minimum atomic E-state index is -3.15. The first-order valence-electron chi connectivity index (χ1n) is 7.78. The van der Waals surface area contributed by atoms with E-state index in [9.17, 15) is 13.2 Å². The van der Waals surface area contributed by atoms with Gasteiger partial charge in [0.2, 0.25) is 15.9 Å². The van der Waals surface area contributed by atoms with Gasteiger partial charge in [-0.1, -0.05) is 17.7 Å². The molecular weight excluding hydrogens is 316 g/mol. The van der Waals surface area contributed by atoms with Crippen molar-refractivity contribution in [2.24, 2.45) is 5.92 Å². The Hall–Kier alpha value is -1.60. The highest BCUT2D eigenvalue weighted by atomic mass is 32.2. The van der Waals surface area contributed by atoms with Gasteiger partial charge in [0.1, 0.15) is 12.4 Å². The van der Waals surface area contributed by atoms with Gasteiger partial charge in [0.05, 0.1) is 12.8 Å². The normalized spacial score (nSPS) is 17.0. The van der Waals surface area contributed by atoms with Gasteiger partial charge in [-0.25, -0.2) is 12.7 Å². The first kappa shape index (κ1) is 17.7. The lowest BCUT2D eigenvalue weighted by atomic mass is 9.97. The minimum absolute atomic E-state index is 0.0225. The lowest BCUT2D eigenvalue weighted by molar-refractivity contribution is -0.126. The summed E-state index contributed by atoms with van der Waals surface area (Å²) < 4.78 is 29.9. The SMILES string of the molecule is Cc1ccc(OCCNC(=O)C2CCN(S(C)(=O)=O)CC2)cc1. The van der Waals surface area contributed by atoms with Crippen LogP contribution in [0, 0.1) is 12.8 Å². The molecule has 7 heteroatoms. The quantitative estimate of drug-likeness (QED) is 0.789. The number of nitrogens with zero attached hydrogens (tertiary/aromatic N) is 1. The van der Waals surface area contributed by atoms with Crippen molar-refractivity contribution in [3.05, 3.63) is 29.8 Å². The fourth-order valence-corrected chi connectivity index (χ4v) is 3.45. The molecule has 1 saturated heterocycles. The van der Waals surface area contributed by atoms with Crippen molar-refractivity contribution in [3.8, 4) is 5.75 Å². The Labute approximate surface area is 137 Å². The maximum absolute atomic E-state index is 12.1. The predicted molar refractivity (Wildman–Crippen MR) is 88.8 cm³/mol. The van der Waals surface area contributed by atoms with Crippen LogP contribution in [0.2, 0.25) is 0 Å². The predicted octanol–water partition coefficient (Wildman–Crippen LogP) is 1.16. The fraction of sp³-hybridized carbons (Fsp3) is 0.562. The molecular formula is C16H24N2O4S. The van der Waals surface area contributed by atoms with Crippen molar-refractivity contribution < 1.29 is 17.9 Å². The molecule has 0 saturated carbocycles. The Morgan fingerprint density at radius 2 is 1.87 bits per heavy atom. The second kappa shape index (κ2) is 7.79. The van der Waals surface area contributed by atoms with Crippen LogP contribution in [0.5, 0.6) is 5.75 Å². The smallest absolute Gasteiger partial charge is 0.223 e. The van der Waals surface area contributed by atoms with Crippen molar-refractivity contribution in [3.63, 3.8) is 0 Å². The number of aryl methyl sites for hydroxylation is 1. The van der Waals surface area contributed by atoms with E-state index in [0.29, 0.717) is 39.1 Å². The molecule has 6 nitrogen and oxygen atoms in total. The van der Waals surface area contributed by atoms with E-state index in [-0.39, 0.29) is 11.8 Å². The van der Waals surface area contributed by atoms with Gasteiger partial charge in [-0.15, -0.1) is 0 Å². The van der Waals surface area contributed by atoms with Gasteiger partial charge in [0, 0.05) is 19.0 Å². The standard InChI is InChI=1S/C16H24N2O4S/c1-13-3-5-15(6-4-13)22-12-9-17-16(19)14-7-10-18(11-8-14)23(2,20)21/h3-6,14H,7-12H2,1-2H3,(H,17,19). The van der Waals surface area contributed by atoms with Crippen LogP contribution >= 0.6 is 0 Å². The van der Waals surface area contributed by atoms with Crippen LogP contribution in [-0.2, 0) is 14.8 Å². The van der Waals surface area contributed by atoms with E-state index in [4.69, 9.17) is 4.74 Å². The van der Waals surface area contributed by atoms with E-state index in [0.717, 1.165) is 5.75 Å². The van der Waals surface area contributed by atoms with Crippen molar-refractivity contribution >= 4 is 15.9 Å². The highest BCUT2D eigenvalue weighted by molar-refractivity contribution is 7.88. The molecule has 128 valence electrons.